The van der Waals surface area contributed by atoms with Crippen molar-refractivity contribution in [3.63, 3.8) is 0 Å². The standard InChI is InChI=1S/C13H16BrNO/c1-16-13-5-3-11(14)8-10(13)6-9-2-4-12(15)7-9/h3,5-6,8,12H,2,4,7,15H2,1H3. The fourth-order valence-corrected chi connectivity index (χ4v) is 2.46. The Kier molecular flexibility index (Phi) is 3.66. The normalized spacial score (nSPS) is 22.7. The van der Waals surface area contributed by atoms with E-state index in [1.54, 1.807) is 7.11 Å². The molecule has 16 heavy (non-hydrogen) atoms. The molecule has 1 aromatic rings. The zero-order valence-corrected chi connectivity index (χ0v) is 11.0. The molecule has 2 rings (SSSR count). The minimum atomic E-state index is 0.337. The van der Waals surface area contributed by atoms with Gasteiger partial charge in [0.15, 0.2) is 0 Å². The second-order valence-electron chi connectivity index (χ2n) is 4.19. The van der Waals surface area contributed by atoms with Gasteiger partial charge in [0.25, 0.3) is 0 Å². The quantitative estimate of drug-likeness (QED) is 0.902. The summed E-state index contributed by atoms with van der Waals surface area (Å²) in [5.74, 6) is 0.913. The van der Waals surface area contributed by atoms with E-state index in [2.05, 4.69) is 28.1 Å². The van der Waals surface area contributed by atoms with E-state index in [-0.39, 0.29) is 0 Å². The first-order chi connectivity index (χ1) is 7.69. The van der Waals surface area contributed by atoms with Crippen molar-refractivity contribution in [1.82, 2.24) is 0 Å². The molecular formula is C13H16BrNO. The lowest BCUT2D eigenvalue weighted by atomic mass is 10.1. The van der Waals surface area contributed by atoms with Crippen LogP contribution in [-0.2, 0) is 0 Å². The largest absolute Gasteiger partial charge is 0.496 e. The summed E-state index contributed by atoms with van der Waals surface area (Å²) < 4.78 is 6.41. The smallest absolute Gasteiger partial charge is 0.126 e. The van der Waals surface area contributed by atoms with Crippen LogP contribution in [0.5, 0.6) is 5.75 Å². The van der Waals surface area contributed by atoms with Gasteiger partial charge in [-0.3, -0.25) is 0 Å². The Labute approximate surface area is 105 Å². The molecule has 2 N–H and O–H groups in total. The van der Waals surface area contributed by atoms with E-state index in [0.29, 0.717) is 6.04 Å². The number of methoxy groups -OCH3 is 1. The van der Waals surface area contributed by atoms with Crippen LogP contribution in [0.25, 0.3) is 6.08 Å². The first-order valence-corrected chi connectivity index (χ1v) is 6.27. The van der Waals surface area contributed by atoms with E-state index < -0.39 is 0 Å². The van der Waals surface area contributed by atoms with Crippen LogP contribution in [-0.4, -0.2) is 13.2 Å². The molecule has 86 valence electrons. The first kappa shape index (κ1) is 11.7. The van der Waals surface area contributed by atoms with E-state index in [9.17, 15) is 0 Å². The van der Waals surface area contributed by atoms with Crippen molar-refractivity contribution in [2.24, 2.45) is 5.73 Å². The van der Waals surface area contributed by atoms with Gasteiger partial charge in [-0.05, 0) is 37.5 Å². The third-order valence-electron chi connectivity index (χ3n) is 2.91. The highest BCUT2D eigenvalue weighted by molar-refractivity contribution is 9.10. The van der Waals surface area contributed by atoms with Gasteiger partial charge in [0.2, 0.25) is 0 Å². The van der Waals surface area contributed by atoms with E-state index in [0.717, 1.165) is 35.0 Å². The van der Waals surface area contributed by atoms with Gasteiger partial charge < -0.3 is 10.5 Å². The second kappa shape index (κ2) is 5.02. The lowest BCUT2D eigenvalue weighted by molar-refractivity contribution is 0.413. The third kappa shape index (κ3) is 2.66. The van der Waals surface area contributed by atoms with Gasteiger partial charge in [-0.1, -0.05) is 27.6 Å². The molecule has 0 saturated heterocycles. The summed E-state index contributed by atoms with van der Waals surface area (Å²) in [7, 11) is 1.70. The van der Waals surface area contributed by atoms with Gasteiger partial charge in [0, 0.05) is 16.1 Å². The number of rotatable bonds is 2. The fourth-order valence-electron chi connectivity index (χ4n) is 2.08. The van der Waals surface area contributed by atoms with E-state index >= 15 is 0 Å². The number of hydrogen-bond acceptors (Lipinski definition) is 2. The third-order valence-corrected chi connectivity index (χ3v) is 3.41. The minimum absolute atomic E-state index is 0.337. The predicted molar refractivity (Wildman–Crippen MR) is 70.5 cm³/mol. The van der Waals surface area contributed by atoms with Crippen LogP contribution < -0.4 is 10.5 Å². The van der Waals surface area contributed by atoms with Gasteiger partial charge in [0.1, 0.15) is 5.75 Å². The van der Waals surface area contributed by atoms with Crippen molar-refractivity contribution in [1.29, 1.82) is 0 Å². The molecule has 0 spiro atoms. The molecule has 1 aliphatic rings. The zero-order chi connectivity index (χ0) is 11.5. The van der Waals surface area contributed by atoms with Crippen molar-refractivity contribution in [3.05, 3.63) is 33.8 Å². The monoisotopic (exact) mass is 281 g/mol. The first-order valence-electron chi connectivity index (χ1n) is 5.47. The van der Waals surface area contributed by atoms with E-state index in [4.69, 9.17) is 10.5 Å². The molecule has 0 heterocycles. The number of benzene rings is 1. The molecule has 0 radical (unpaired) electrons. The van der Waals surface area contributed by atoms with Gasteiger partial charge in [-0.25, -0.2) is 0 Å². The zero-order valence-electron chi connectivity index (χ0n) is 9.37. The maximum Gasteiger partial charge on any atom is 0.126 e. The van der Waals surface area contributed by atoms with Crippen molar-refractivity contribution in [2.45, 2.75) is 25.3 Å². The molecule has 1 aromatic carbocycles. The molecule has 1 aliphatic carbocycles. The molecule has 3 heteroatoms. The minimum Gasteiger partial charge on any atom is -0.496 e. The Morgan fingerprint density at radius 2 is 2.31 bits per heavy atom. The summed E-state index contributed by atoms with van der Waals surface area (Å²) >= 11 is 3.48. The van der Waals surface area contributed by atoms with Crippen molar-refractivity contribution in [2.75, 3.05) is 7.11 Å². The molecule has 0 bridgehead atoms. The number of halogens is 1. The summed E-state index contributed by atoms with van der Waals surface area (Å²) in [5.41, 5.74) is 8.44. The van der Waals surface area contributed by atoms with Gasteiger partial charge in [-0.2, -0.15) is 0 Å². The summed E-state index contributed by atoms with van der Waals surface area (Å²) in [6.07, 6.45) is 5.42. The van der Waals surface area contributed by atoms with Crippen LogP contribution in [0.15, 0.2) is 28.2 Å². The van der Waals surface area contributed by atoms with Gasteiger partial charge >= 0.3 is 0 Å². The molecule has 1 atom stereocenters. The average Bonchev–Trinajstić information content (AvgIpc) is 2.64. The Morgan fingerprint density at radius 1 is 1.50 bits per heavy atom. The highest BCUT2D eigenvalue weighted by atomic mass is 79.9. The predicted octanol–water partition coefficient (Wildman–Crippen LogP) is 3.35. The van der Waals surface area contributed by atoms with E-state index in [1.807, 2.05) is 12.1 Å². The summed E-state index contributed by atoms with van der Waals surface area (Å²) in [5, 5.41) is 0. The average molecular weight is 282 g/mol. The van der Waals surface area contributed by atoms with Gasteiger partial charge in [-0.15, -0.1) is 0 Å². The molecule has 1 fully saturated rings. The van der Waals surface area contributed by atoms with Gasteiger partial charge in [0.05, 0.1) is 7.11 Å². The Balaban J connectivity index is 2.29. The lowest BCUT2D eigenvalue weighted by Gasteiger charge is -2.06. The maximum atomic E-state index is 5.90. The molecule has 1 saturated carbocycles. The van der Waals surface area contributed by atoms with Crippen LogP contribution in [0.3, 0.4) is 0 Å². The summed E-state index contributed by atoms with van der Waals surface area (Å²) in [6, 6.07) is 6.38. The maximum absolute atomic E-state index is 5.90. The topological polar surface area (TPSA) is 35.2 Å². The highest BCUT2D eigenvalue weighted by Crippen LogP contribution is 2.30. The molecule has 0 aliphatic heterocycles. The number of ether oxygens (including phenoxy) is 1. The Bertz CT molecular complexity index is 414. The highest BCUT2D eigenvalue weighted by Gasteiger charge is 2.15. The van der Waals surface area contributed by atoms with Crippen molar-refractivity contribution in [3.8, 4) is 5.75 Å². The molecule has 1 unspecified atom stereocenters. The molecule has 2 nitrogen and oxygen atoms in total. The SMILES string of the molecule is COc1ccc(Br)cc1C=C1CCC(N)C1. The molecular weight excluding hydrogens is 266 g/mol. The van der Waals surface area contributed by atoms with Crippen LogP contribution in [0.1, 0.15) is 24.8 Å². The van der Waals surface area contributed by atoms with Crippen molar-refractivity contribution >= 4 is 22.0 Å². The fraction of sp³-hybridized carbons (Fsp3) is 0.385. The Hall–Kier alpha value is -0.800. The number of hydrogen-bond donors (Lipinski definition) is 1. The van der Waals surface area contributed by atoms with Crippen molar-refractivity contribution < 1.29 is 4.74 Å². The van der Waals surface area contributed by atoms with Crippen LogP contribution in [0.4, 0.5) is 0 Å². The molecule has 0 amide bonds. The number of nitrogens with two attached hydrogens (primary N) is 1. The summed E-state index contributed by atoms with van der Waals surface area (Å²) in [6.45, 7) is 0. The van der Waals surface area contributed by atoms with E-state index in [1.165, 1.54) is 5.57 Å². The second-order valence-corrected chi connectivity index (χ2v) is 5.11. The Morgan fingerprint density at radius 3 is 2.94 bits per heavy atom. The summed E-state index contributed by atoms with van der Waals surface area (Å²) in [4.78, 5) is 0. The van der Waals surface area contributed by atoms with Crippen LogP contribution >= 0.6 is 15.9 Å². The van der Waals surface area contributed by atoms with Crippen LogP contribution in [0, 0.1) is 0 Å². The van der Waals surface area contributed by atoms with Crippen LogP contribution in [0.2, 0.25) is 0 Å². The molecule has 0 aromatic heterocycles. The lowest BCUT2D eigenvalue weighted by Crippen LogP contribution is -2.13.